The number of carbonyl (C=O) groups is 2. The molecule has 0 aromatic heterocycles. The lowest BCUT2D eigenvalue weighted by atomic mass is 9.77. The first-order valence-corrected chi connectivity index (χ1v) is 6.85. The number of hydrogen-bond donors (Lipinski definition) is 1. The van der Waals surface area contributed by atoms with Crippen molar-refractivity contribution in [2.24, 2.45) is 0 Å². The molecule has 1 heterocycles. The molecule has 0 bridgehead atoms. The topological polar surface area (TPSA) is 49.4 Å². The van der Waals surface area contributed by atoms with Crippen LogP contribution in [0.25, 0.3) is 0 Å². The highest BCUT2D eigenvalue weighted by atomic mass is 16.2. The normalized spacial score (nSPS) is 25.6. The molecule has 2 unspecified atom stereocenters. The van der Waals surface area contributed by atoms with Crippen molar-refractivity contribution in [3.63, 3.8) is 0 Å². The van der Waals surface area contributed by atoms with Crippen LogP contribution in [0.5, 0.6) is 0 Å². The van der Waals surface area contributed by atoms with Gasteiger partial charge >= 0.3 is 0 Å². The smallest absolute Gasteiger partial charge is 0.243 e. The van der Waals surface area contributed by atoms with Gasteiger partial charge in [0.15, 0.2) is 0 Å². The lowest BCUT2D eigenvalue weighted by molar-refractivity contribution is -0.146. The Balaban J connectivity index is 1.75. The van der Waals surface area contributed by atoms with Gasteiger partial charge in [-0.2, -0.15) is 0 Å². The summed E-state index contributed by atoms with van der Waals surface area (Å²) in [6.07, 6.45) is 1.68. The van der Waals surface area contributed by atoms with Crippen LogP contribution < -0.4 is 5.32 Å². The predicted molar refractivity (Wildman–Crippen MR) is 71.7 cm³/mol. The summed E-state index contributed by atoms with van der Waals surface area (Å²) in [6, 6.07) is 8.04. The van der Waals surface area contributed by atoms with Crippen molar-refractivity contribution in [2.45, 2.75) is 31.7 Å². The standard InChI is InChI=1S/C15H18N2O2/c1-2-13-15(19)16-8-14(18)17(13)9-11-7-10-5-3-4-6-12(10)11/h3-6,11,13H,2,7-9H2,1H3,(H,16,19). The number of rotatable bonds is 3. The molecular weight excluding hydrogens is 240 g/mol. The number of amides is 2. The van der Waals surface area contributed by atoms with Crippen molar-refractivity contribution in [1.82, 2.24) is 10.2 Å². The van der Waals surface area contributed by atoms with Crippen LogP contribution in [0.15, 0.2) is 24.3 Å². The molecule has 19 heavy (non-hydrogen) atoms. The molecule has 1 aliphatic heterocycles. The zero-order chi connectivity index (χ0) is 13.4. The maximum Gasteiger partial charge on any atom is 0.243 e. The van der Waals surface area contributed by atoms with Crippen LogP contribution in [0.2, 0.25) is 0 Å². The molecular formula is C15H18N2O2. The highest BCUT2D eigenvalue weighted by Crippen LogP contribution is 2.36. The zero-order valence-electron chi connectivity index (χ0n) is 11.1. The third kappa shape index (κ3) is 2.01. The Morgan fingerprint density at radius 2 is 2.11 bits per heavy atom. The third-order valence-electron chi connectivity index (χ3n) is 4.18. The minimum atomic E-state index is -0.297. The molecule has 2 atom stereocenters. The molecule has 1 aliphatic carbocycles. The minimum absolute atomic E-state index is 0.0188. The van der Waals surface area contributed by atoms with Crippen LogP contribution >= 0.6 is 0 Å². The molecule has 1 fully saturated rings. The van der Waals surface area contributed by atoms with E-state index in [1.165, 1.54) is 11.1 Å². The van der Waals surface area contributed by atoms with Crippen molar-refractivity contribution in [1.29, 1.82) is 0 Å². The van der Waals surface area contributed by atoms with Gasteiger partial charge in [0.2, 0.25) is 11.8 Å². The number of piperazine rings is 1. The monoisotopic (exact) mass is 258 g/mol. The highest BCUT2D eigenvalue weighted by molar-refractivity contribution is 5.94. The Hall–Kier alpha value is -1.84. The van der Waals surface area contributed by atoms with Crippen LogP contribution in [0.3, 0.4) is 0 Å². The first-order valence-electron chi connectivity index (χ1n) is 6.85. The summed E-state index contributed by atoms with van der Waals surface area (Å²) in [5.41, 5.74) is 2.70. The van der Waals surface area contributed by atoms with E-state index in [-0.39, 0.29) is 24.4 Å². The Morgan fingerprint density at radius 1 is 1.32 bits per heavy atom. The second kappa shape index (κ2) is 4.68. The van der Waals surface area contributed by atoms with Crippen molar-refractivity contribution < 1.29 is 9.59 Å². The third-order valence-corrected chi connectivity index (χ3v) is 4.18. The molecule has 1 aromatic carbocycles. The lowest BCUT2D eigenvalue weighted by Crippen LogP contribution is -2.59. The summed E-state index contributed by atoms with van der Waals surface area (Å²) in [5, 5.41) is 2.66. The van der Waals surface area contributed by atoms with Gasteiger partial charge in [-0.25, -0.2) is 0 Å². The minimum Gasteiger partial charge on any atom is -0.345 e. The fourth-order valence-corrected chi connectivity index (χ4v) is 3.10. The van der Waals surface area contributed by atoms with Crippen LogP contribution in [0, 0.1) is 0 Å². The van der Waals surface area contributed by atoms with Gasteiger partial charge in [-0.15, -0.1) is 0 Å². The average molecular weight is 258 g/mol. The second-order valence-corrected chi connectivity index (χ2v) is 5.29. The zero-order valence-corrected chi connectivity index (χ0v) is 11.1. The Bertz CT molecular complexity index is 527. The molecule has 0 radical (unpaired) electrons. The Kier molecular flexibility index (Phi) is 3.01. The van der Waals surface area contributed by atoms with Gasteiger partial charge in [0.25, 0.3) is 0 Å². The number of fused-ring (bicyclic) bond motifs is 1. The van der Waals surface area contributed by atoms with E-state index in [0.717, 1.165) is 6.42 Å². The van der Waals surface area contributed by atoms with Crippen molar-refractivity contribution in [3.05, 3.63) is 35.4 Å². The molecule has 0 saturated carbocycles. The van der Waals surface area contributed by atoms with Crippen LogP contribution in [0.1, 0.15) is 30.4 Å². The van der Waals surface area contributed by atoms with E-state index >= 15 is 0 Å². The van der Waals surface area contributed by atoms with Gasteiger partial charge in [-0.05, 0) is 24.0 Å². The summed E-state index contributed by atoms with van der Waals surface area (Å²) in [5.74, 6) is 0.408. The summed E-state index contributed by atoms with van der Waals surface area (Å²) in [4.78, 5) is 25.6. The summed E-state index contributed by atoms with van der Waals surface area (Å²) in [7, 11) is 0. The Morgan fingerprint density at radius 3 is 2.84 bits per heavy atom. The molecule has 4 heteroatoms. The number of nitrogens with zero attached hydrogens (tertiary/aromatic N) is 1. The molecule has 100 valence electrons. The predicted octanol–water partition coefficient (Wildman–Crippen LogP) is 1.06. The number of benzene rings is 1. The van der Waals surface area contributed by atoms with Crippen molar-refractivity contribution >= 4 is 11.8 Å². The van der Waals surface area contributed by atoms with E-state index in [2.05, 4.69) is 17.4 Å². The fourth-order valence-electron chi connectivity index (χ4n) is 3.10. The van der Waals surface area contributed by atoms with Crippen LogP contribution in [-0.4, -0.2) is 35.8 Å². The first-order chi connectivity index (χ1) is 9.20. The van der Waals surface area contributed by atoms with Gasteiger partial charge in [0, 0.05) is 12.5 Å². The van der Waals surface area contributed by atoms with Gasteiger partial charge < -0.3 is 10.2 Å². The summed E-state index contributed by atoms with van der Waals surface area (Å²) < 4.78 is 0. The maximum atomic E-state index is 12.0. The van der Waals surface area contributed by atoms with E-state index in [9.17, 15) is 9.59 Å². The quantitative estimate of drug-likeness (QED) is 0.881. The van der Waals surface area contributed by atoms with E-state index < -0.39 is 0 Å². The maximum absolute atomic E-state index is 12.0. The molecule has 2 aliphatic rings. The largest absolute Gasteiger partial charge is 0.345 e. The highest BCUT2D eigenvalue weighted by Gasteiger charge is 2.36. The van der Waals surface area contributed by atoms with Crippen molar-refractivity contribution in [2.75, 3.05) is 13.1 Å². The second-order valence-electron chi connectivity index (χ2n) is 5.29. The molecule has 1 N–H and O–H groups in total. The number of carbonyl (C=O) groups excluding carboxylic acids is 2. The van der Waals surface area contributed by atoms with Gasteiger partial charge in [-0.3, -0.25) is 9.59 Å². The summed E-state index contributed by atoms with van der Waals surface area (Å²) in [6.45, 7) is 2.76. The average Bonchev–Trinajstić information content (AvgIpc) is 2.39. The van der Waals surface area contributed by atoms with Gasteiger partial charge in [-0.1, -0.05) is 31.2 Å². The molecule has 1 saturated heterocycles. The fraction of sp³-hybridized carbons (Fsp3) is 0.467. The summed E-state index contributed by atoms with van der Waals surface area (Å²) >= 11 is 0. The van der Waals surface area contributed by atoms with Crippen LogP contribution in [0.4, 0.5) is 0 Å². The van der Waals surface area contributed by atoms with E-state index in [1.54, 1.807) is 4.90 Å². The van der Waals surface area contributed by atoms with Gasteiger partial charge in [0.05, 0.1) is 6.54 Å². The first kappa shape index (κ1) is 12.2. The number of hydrogen-bond acceptors (Lipinski definition) is 2. The van der Waals surface area contributed by atoms with E-state index in [1.807, 2.05) is 19.1 Å². The Labute approximate surface area is 112 Å². The molecule has 0 spiro atoms. The van der Waals surface area contributed by atoms with E-state index in [0.29, 0.717) is 18.9 Å². The van der Waals surface area contributed by atoms with Crippen molar-refractivity contribution in [3.8, 4) is 0 Å². The number of nitrogens with one attached hydrogen (secondary N) is 1. The van der Waals surface area contributed by atoms with Gasteiger partial charge in [0.1, 0.15) is 6.04 Å². The molecule has 2 amide bonds. The molecule has 3 rings (SSSR count). The van der Waals surface area contributed by atoms with Crippen LogP contribution in [-0.2, 0) is 16.0 Å². The lowest BCUT2D eigenvalue weighted by Gasteiger charge is -2.40. The van der Waals surface area contributed by atoms with E-state index in [4.69, 9.17) is 0 Å². The SMILES string of the molecule is CCC1C(=O)NCC(=O)N1CC1Cc2ccccc21. The molecule has 4 nitrogen and oxygen atoms in total. The molecule has 1 aromatic rings.